The minimum atomic E-state index is -0.782. The van der Waals surface area contributed by atoms with Crippen LogP contribution < -0.4 is 10.5 Å². The molecule has 5 nitrogen and oxygen atoms in total. The molecule has 0 bridgehead atoms. The number of nitrogens with one attached hydrogen (secondary N) is 1. The van der Waals surface area contributed by atoms with Gasteiger partial charge in [-0.05, 0) is 37.1 Å². The maximum atomic E-state index is 10.3. The molecule has 0 radical (unpaired) electrons. The first-order valence-electron chi connectivity index (χ1n) is 5.38. The molecule has 6 heteroatoms. The smallest absolute Gasteiger partial charge is 0.303 e. The van der Waals surface area contributed by atoms with Gasteiger partial charge in [0.25, 0.3) is 0 Å². The van der Waals surface area contributed by atoms with Gasteiger partial charge in [0.1, 0.15) is 11.6 Å². The van der Waals surface area contributed by atoms with Crippen molar-refractivity contribution in [3.8, 4) is 5.75 Å². The van der Waals surface area contributed by atoms with E-state index in [2.05, 4.69) is 0 Å². The molecule has 0 spiro atoms. The number of nitrogen functional groups attached to an aromatic ring is 1. The van der Waals surface area contributed by atoms with Gasteiger partial charge in [0.15, 0.2) is 0 Å². The molecule has 0 unspecified atom stereocenters. The maximum Gasteiger partial charge on any atom is 0.303 e. The van der Waals surface area contributed by atoms with Crippen molar-refractivity contribution in [2.45, 2.75) is 19.3 Å². The van der Waals surface area contributed by atoms with E-state index in [-0.39, 0.29) is 24.7 Å². The van der Waals surface area contributed by atoms with Crippen LogP contribution in [0.3, 0.4) is 0 Å². The van der Waals surface area contributed by atoms with E-state index in [0.29, 0.717) is 30.8 Å². The number of ether oxygens (including phenoxy) is 1. The molecule has 0 saturated carbocycles. The summed E-state index contributed by atoms with van der Waals surface area (Å²) in [6.45, 7) is 0.493. The van der Waals surface area contributed by atoms with E-state index in [1.165, 1.54) is 0 Å². The fourth-order valence-corrected chi connectivity index (χ4v) is 1.30. The lowest BCUT2D eigenvalue weighted by atomic mass is 10.2. The van der Waals surface area contributed by atoms with E-state index in [1.54, 1.807) is 24.3 Å². The highest BCUT2D eigenvalue weighted by molar-refractivity contribution is 5.94. The number of amidine groups is 1. The Kier molecular flexibility index (Phi) is 7.54. The fraction of sp³-hybridized carbons (Fsp3) is 0.333. The number of hydrogen-bond acceptors (Lipinski definition) is 3. The predicted octanol–water partition coefficient (Wildman–Crippen LogP) is 2.03. The lowest BCUT2D eigenvalue weighted by Gasteiger charge is -2.06. The Morgan fingerprint density at radius 1 is 1.28 bits per heavy atom. The number of halogens is 1. The largest absolute Gasteiger partial charge is 0.494 e. The Hall–Kier alpha value is -1.75. The first-order chi connectivity index (χ1) is 8.09. The normalized spacial score (nSPS) is 9.33. The van der Waals surface area contributed by atoms with Crippen LogP contribution in [0.4, 0.5) is 0 Å². The van der Waals surface area contributed by atoms with E-state index in [0.717, 1.165) is 0 Å². The number of hydrogen-bond donors (Lipinski definition) is 3. The molecule has 4 N–H and O–H groups in total. The number of aliphatic carboxylic acids is 1. The van der Waals surface area contributed by atoms with Crippen LogP contribution in [-0.4, -0.2) is 23.5 Å². The number of rotatable bonds is 7. The number of nitrogens with two attached hydrogens (primary N) is 1. The van der Waals surface area contributed by atoms with Crippen molar-refractivity contribution < 1.29 is 14.6 Å². The van der Waals surface area contributed by atoms with Gasteiger partial charge in [-0.3, -0.25) is 10.2 Å². The standard InChI is InChI=1S/C12H16N2O3.ClH/c13-12(14)9-4-6-10(7-5-9)17-8-2-1-3-11(15)16;/h4-7H,1-3,8H2,(H3,13,14)(H,15,16);1H. The molecule has 100 valence electrons. The molecule has 0 aliphatic rings. The number of carboxylic acids is 1. The summed E-state index contributed by atoms with van der Waals surface area (Å²) in [5.74, 6) is -0.0563. The maximum absolute atomic E-state index is 10.3. The van der Waals surface area contributed by atoms with E-state index >= 15 is 0 Å². The summed E-state index contributed by atoms with van der Waals surface area (Å²) in [5.41, 5.74) is 5.97. The van der Waals surface area contributed by atoms with E-state index in [1.807, 2.05) is 0 Å². The summed E-state index contributed by atoms with van der Waals surface area (Å²) >= 11 is 0. The van der Waals surface area contributed by atoms with Gasteiger partial charge in [0.05, 0.1) is 6.61 Å². The van der Waals surface area contributed by atoms with Crippen molar-refractivity contribution in [3.05, 3.63) is 29.8 Å². The Bertz CT molecular complexity index is 393. The molecule has 0 aromatic heterocycles. The van der Waals surface area contributed by atoms with Crippen LogP contribution in [0.1, 0.15) is 24.8 Å². The third-order valence-electron chi connectivity index (χ3n) is 2.22. The Balaban J connectivity index is 0.00000289. The minimum Gasteiger partial charge on any atom is -0.494 e. The molecule has 0 amide bonds. The first kappa shape index (κ1) is 16.2. The molecule has 1 rings (SSSR count). The summed E-state index contributed by atoms with van der Waals surface area (Å²) < 4.78 is 5.42. The Labute approximate surface area is 112 Å². The number of unbranched alkanes of at least 4 members (excludes halogenated alkanes) is 1. The molecular formula is C12H17ClN2O3. The Morgan fingerprint density at radius 2 is 1.89 bits per heavy atom. The molecule has 0 atom stereocenters. The highest BCUT2D eigenvalue weighted by Gasteiger charge is 1.99. The zero-order chi connectivity index (χ0) is 12.7. The van der Waals surface area contributed by atoms with Crippen LogP contribution in [0.5, 0.6) is 5.75 Å². The van der Waals surface area contributed by atoms with Gasteiger partial charge in [-0.25, -0.2) is 0 Å². The van der Waals surface area contributed by atoms with Crippen molar-refractivity contribution in [2.75, 3.05) is 6.61 Å². The van der Waals surface area contributed by atoms with Crippen molar-refractivity contribution in [3.63, 3.8) is 0 Å². The monoisotopic (exact) mass is 272 g/mol. The van der Waals surface area contributed by atoms with Gasteiger partial charge in [-0.2, -0.15) is 0 Å². The van der Waals surface area contributed by atoms with E-state index in [4.69, 9.17) is 21.0 Å². The van der Waals surface area contributed by atoms with Gasteiger partial charge < -0.3 is 15.6 Å². The highest BCUT2D eigenvalue weighted by atomic mass is 35.5. The topological polar surface area (TPSA) is 96.4 Å². The van der Waals surface area contributed by atoms with Crippen molar-refractivity contribution in [2.24, 2.45) is 5.73 Å². The summed E-state index contributed by atoms with van der Waals surface area (Å²) in [6, 6.07) is 6.92. The minimum absolute atomic E-state index is 0. The molecule has 0 saturated heterocycles. The second-order valence-electron chi connectivity index (χ2n) is 3.64. The lowest BCUT2D eigenvalue weighted by molar-refractivity contribution is -0.137. The zero-order valence-electron chi connectivity index (χ0n) is 9.89. The van der Waals surface area contributed by atoms with Crippen LogP contribution in [0, 0.1) is 5.41 Å². The highest BCUT2D eigenvalue weighted by Crippen LogP contribution is 2.12. The third kappa shape index (κ3) is 6.10. The van der Waals surface area contributed by atoms with Crippen molar-refractivity contribution in [1.82, 2.24) is 0 Å². The molecule has 0 aliphatic carbocycles. The lowest BCUT2D eigenvalue weighted by Crippen LogP contribution is -2.10. The first-order valence-corrected chi connectivity index (χ1v) is 5.38. The Morgan fingerprint density at radius 3 is 2.39 bits per heavy atom. The number of carboxylic acid groups (broad SMARTS) is 1. The average Bonchev–Trinajstić information content (AvgIpc) is 2.29. The molecule has 0 fully saturated rings. The molecule has 1 aromatic rings. The molecule has 18 heavy (non-hydrogen) atoms. The fourth-order valence-electron chi connectivity index (χ4n) is 1.30. The van der Waals surface area contributed by atoms with Crippen LogP contribution in [0.2, 0.25) is 0 Å². The second kappa shape index (κ2) is 8.36. The average molecular weight is 273 g/mol. The summed E-state index contributed by atoms with van der Waals surface area (Å²) in [6.07, 6.45) is 1.49. The van der Waals surface area contributed by atoms with Crippen LogP contribution in [0.25, 0.3) is 0 Å². The molecule has 0 aliphatic heterocycles. The van der Waals surface area contributed by atoms with Crippen molar-refractivity contribution in [1.29, 1.82) is 5.41 Å². The van der Waals surface area contributed by atoms with Gasteiger partial charge in [0, 0.05) is 12.0 Å². The van der Waals surface area contributed by atoms with Gasteiger partial charge in [-0.1, -0.05) is 0 Å². The zero-order valence-corrected chi connectivity index (χ0v) is 10.7. The SMILES string of the molecule is Cl.N=C(N)c1ccc(OCCCCC(=O)O)cc1. The predicted molar refractivity (Wildman–Crippen MR) is 71.7 cm³/mol. The van der Waals surface area contributed by atoms with E-state index in [9.17, 15) is 4.79 Å². The molecule has 0 heterocycles. The van der Waals surface area contributed by atoms with Crippen molar-refractivity contribution >= 4 is 24.2 Å². The summed E-state index contributed by atoms with van der Waals surface area (Å²) in [5, 5.41) is 15.7. The van der Waals surface area contributed by atoms with Gasteiger partial charge in [-0.15, -0.1) is 12.4 Å². The third-order valence-corrected chi connectivity index (χ3v) is 2.22. The quantitative estimate of drug-likeness (QED) is 0.402. The summed E-state index contributed by atoms with van der Waals surface area (Å²) in [4.78, 5) is 10.3. The van der Waals surface area contributed by atoms with Crippen LogP contribution in [0.15, 0.2) is 24.3 Å². The van der Waals surface area contributed by atoms with E-state index < -0.39 is 5.97 Å². The molecular weight excluding hydrogens is 256 g/mol. The van der Waals surface area contributed by atoms with Crippen LogP contribution in [-0.2, 0) is 4.79 Å². The summed E-state index contributed by atoms with van der Waals surface area (Å²) in [7, 11) is 0. The number of carbonyl (C=O) groups is 1. The van der Waals surface area contributed by atoms with Crippen LogP contribution >= 0.6 is 12.4 Å². The van der Waals surface area contributed by atoms with Gasteiger partial charge in [0.2, 0.25) is 0 Å². The van der Waals surface area contributed by atoms with Gasteiger partial charge >= 0.3 is 5.97 Å². The molecule has 1 aromatic carbocycles. The second-order valence-corrected chi connectivity index (χ2v) is 3.64. The number of benzene rings is 1.